The fraction of sp³-hybridized carbons (Fsp3) is 0.481. The number of rotatable bonds is 11. The first-order chi connectivity index (χ1) is 16.6. The van der Waals surface area contributed by atoms with E-state index in [0.29, 0.717) is 32.7 Å². The van der Waals surface area contributed by atoms with Crippen LogP contribution in [0.3, 0.4) is 0 Å². The predicted octanol–water partition coefficient (Wildman–Crippen LogP) is 4.79. The summed E-state index contributed by atoms with van der Waals surface area (Å²) in [5.74, 6) is -0.387. The van der Waals surface area contributed by atoms with Crippen LogP contribution < -0.4 is 0 Å². The first-order valence-electron chi connectivity index (χ1n) is 12.1. The molecular weight excluding hydrogens is 450 g/mol. The van der Waals surface area contributed by atoms with Crippen LogP contribution in [0.15, 0.2) is 53.9 Å². The number of nitrogens with zero attached hydrogens (tertiary/aromatic N) is 1. The number of carboxylic acid groups (broad SMARTS) is 1. The fourth-order valence-corrected chi connectivity index (χ4v) is 5.74. The summed E-state index contributed by atoms with van der Waals surface area (Å²) in [6, 6.07) is 12.4. The maximum Gasteiger partial charge on any atom is 0.303 e. The quantitative estimate of drug-likeness (QED) is 0.463. The number of morpholine rings is 1. The Morgan fingerprint density at radius 2 is 1.91 bits per heavy atom. The first kappa shape index (κ1) is 24.8. The summed E-state index contributed by atoms with van der Waals surface area (Å²) in [4.78, 5) is 27.2. The molecule has 4 rings (SSSR count). The van der Waals surface area contributed by atoms with E-state index in [9.17, 15) is 9.59 Å². The molecule has 2 fully saturated rings. The molecule has 1 saturated carbocycles. The minimum Gasteiger partial charge on any atom is -0.481 e. The van der Waals surface area contributed by atoms with Gasteiger partial charge in [-0.1, -0.05) is 42.5 Å². The average Bonchev–Trinajstić information content (AvgIpc) is 3.45. The van der Waals surface area contributed by atoms with Gasteiger partial charge in [-0.2, -0.15) is 0 Å². The van der Waals surface area contributed by atoms with E-state index in [1.54, 1.807) is 11.3 Å². The summed E-state index contributed by atoms with van der Waals surface area (Å²) < 4.78 is 11.9. The van der Waals surface area contributed by atoms with Crippen molar-refractivity contribution in [3.05, 3.63) is 58.8 Å². The summed E-state index contributed by atoms with van der Waals surface area (Å²) in [6.07, 6.45) is 6.67. The van der Waals surface area contributed by atoms with Gasteiger partial charge in [0.05, 0.1) is 32.0 Å². The van der Waals surface area contributed by atoms with Crippen molar-refractivity contribution in [1.29, 1.82) is 0 Å². The van der Waals surface area contributed by atoms with Gasteiger partial charge in [-0.15, -0.1) is 11.3 Å². The Hall–Kier alpha value is -2.32. The third-order valence-corrected chi connectivity index (χ3v) is 7.52. The molecule has 2 aliphatic rings. The van der Waals surface area contributed by atoms with Gasteiger partial charge < -0.3 is 14.6 Å². The second kappa shape index (κ2) is 12.4. The van der Waals surface area contributed by atoms with Crippen LogP contribution in [-0.2, 0) is 25.7 Å². The molecule has 2 heterocycles. The van der Waals surface area contributed by atoms with Gasteiger partial charge in [0.2, 0.25) is 0 Å². The van der Waals surface area contributed by atoms with Gasteiger partial charge in [-0.25, -0.2) is 0 Å². The number of aliphatic carboxylic acids is 1. The van der Waals surface area contributed by atoms with Crippen molar-refractivity contribution >= 4 is 23.1 Å². The smallest absolute Gasteiger partial charge is 0.303 e. The van der Waals surface area contributed by atoms with Crippen LogP contribution in [-0.4, -0.2) is 60.2 Å². The lowest BCUT2D eigenvalue weighted by Gasteiger charge is -2.35. The summed E-state index contributed by atoms with van der Waals surface area (Å²) >= 11 is 1.69. The third kappa shape index (κ3) is 6.63. The number of hydrogen-bond donors (Lipinski definition) is 1. The zero-order valence-corrected chi connectivity index (χ0v) is 20.3. The van der Waals surface area contributed by atoms with Gasteiger partial charge in [-0.05, 0) is 41.8 Å². The number of Topliss-reactive ketones (excluding diaryl/α,β-unsaturated/α-hetero) is 1. The van der Waals surface area contributed by atoms with Gasteiger partial charge in [0.1, 0.15) is 0 Å². The molecule has 1 N–H and O–H groups in total. The predicted molar refractivity (Wildman–Crippen MR) is 133 cm³/mol. The van der Waals surface area contributed by atoms with Crippen LogP contribution in [0.5, 0.6) is 0 Å². The zero-order valence-electron chi connectivity index (χ0n) is 19.4. The van der Waals surface area contributed by atoms with Crippen molar-refractivity contribution < 1.29 is 24.2 Å². The SMILES string of the molecule is O=C(O)CC/C=C\CC[C@H]1[C@@H](OCc2cc(-c3ccccc3)cs2)CC(=O)[C@@H]1N1CCOCC1. The van der Waals surface area contributed by atoms with Crippen LogP contribution >= 0.6 is 11.3 Å². The van der Waals surface area contributed by atoms with Gasteiger partial charge in [0.15, 0.2) is 5.78 Å². The number of allylic oxidation sites excluding steroid dienone is 2. The second-order valence-electron chi connectivity index (χ2n) is 8.93. The maximum atomic E-state index is 13.1. The van der Waals surface area contributed by atoms with Gasteiger partial charge in [0, 0.05) is 36.7 Å². The van der Waals surface area contributed by atoms with Gasteiger partial charge in [0.25, 0.3) is 0 Å². The van der Waals surface area contributed by atoms with E-state index >= 15 is 0 Å². The molecule has 0 unspecified atom stereocenters. The highest BCUT2D eigenvalue weighted by atomic mass is 32.1. The van der Waals surface area contributed by atoms with Crippen LogP contribution in [0.2, 0.25) is 0 Å². The molecule has 0 radical (unpaired) electrons. The number of ether oxygens (including phenoxy) is 2. The number of thiophene rings is 1. The number of hydrogen-bond acceptors (Lipinski definition) is 6. The van der Waals surface area contributed by atoms with E-state index < -0.39 is 5.97 Å². The normalized spacial score (nSPS) is 23.6. The molecule has 34 heavy (non-hydrogen) atoms. The van der Waals surface area contributed by atoms with Crippen molar-refractivity contribution in [2.24, 2.45) is 5.92 Å². The van der Waals surface area contributed by atoms with Gasteiger partial charge in [-0.3, -0.25) is 14.5 Å². The molecular formula is C27H33NO5S. The van der Waals surface area contributed by atoms with E-state index in [1.807, 2.05) is 30.4 Å². The Morgan fingerprint density at radius 3 is 2.68 bits per heavy atom. The number of carbonyl (C=O) groups is 2. The highest BCUT2D eigenvalue weighted by Crippen LogP contribution is 2.35. The van der Waals surface area contributed by atoms with E-state index in [4.69, 9.17) is 14.6 Å². The molecule has 182 valence electrons. The van der Waals surface area contributed by atoms with Crippen molar-refractivity contribution in [3.8, 4) is 11.1 Å². The minimum atomic E-state index is -0.782. The van der Waals surface area contributed by atoms with E-state index in [0.717, 1.165) is 30.8 Å². The molecule has 6 nitrogen and oxygen atoms in total. The van der Waals surface area contributed by atoms with E-state index in [2.05, 4.69) is 28.5 Å². The minimum absolute atomic E-state index is 0.102. The molecule has 1 aromatic heterocycles. The number of benzene rings is 1. The number of carbonyl (C=O) groups excluding carboxylic acids is 1. The molecule has 7 heteroatoms. The Balaban J connectivity index is 1.39. The van der Waals surface area contributed by atoms with Crippen molar-refractivity contribution in [2.75, 3.05) is 26.3 Å². The lowest BCUT2D eigenvalue weighted by atomic mass is 9.93. The molecule has 0 bridgehead atoms. The lowest BCUT2D eigenvalue weighted by Crippen LogP contribution is -2.49. The van der Waals surface area contributed by atoms with E-state index in [-0.39, 0.29) is 30.3 Å². The summed E-state index contributed by atoms with van der Waals surface area (Å²) in [5, 5.41) is 11.0. The van der Waals surface area contributed by atoms with Crippen molar-refractivity contribution in [2.45, 2.75) is 50.9 Å². The van der Waals surface area contributed by atoms with Crippen LogP contribution in [0, 0.1) is 5.92 Å². The number of carboxylic acids is 1. The topological polar surface area (TPSA) is 76.1 Å². The molecule has 2 aromatic rings. The molecule has 1 saturated heterocycles. The second-order valence-corrected chi connectivity index (χ2v) is 9.92. The lowest BCUT2D eigenvalue weighted by molar-refractivity contribution is -0.136. The molecule has 0 spiro atoms. The first-order valence-corrected chi connectivity index (χ1v) is 13.0. The molecule has 3 atom stereocenters. The third-order valence-electron chi connectivity index (χ3n) is 6.61. The van der Waals surface area contributed by atoms with Crippen molar-refractivity contribution in [3.63, 3.8) is 0 Å². The Kier molecular flexibility index (Phi) is 9.04. The average molecular weight is 484 g/mol. The highest BCUT2D eigenvalue weighted by Gasteiger charge is 2.45. The summed E-state index contributed by atoms with van der Waals surface area (Å²) in [6.45, 7) is 3.39. The summed E-state index contributed by atoms with van der Waals surface area (Å²) in [5.41, 5.74) is 2.39. The van der Waals surface area contributed by atoms with Crippen molar-refractivity contribution in [1.82, 2.24) is 4.90 Å². The molecule has 0 amide bonds. The molecule has 1 aromatic carbocycles. The Bertz CT molecular complexity index is 966. The summed E-state index contributed by atoms with van der Waals surface area (Å²) in [7, 11) is 0. The molecule has 1 aliphatic carbocycles. The largest absolute Gasteiger partial charge is 0.481 e. The number of ketones is 1. The highest BCUT2D eigenvalue weighted by molar-refractivity contribution is 7.10. The van der Waals surface area contributed by atoms with Crippen LogP contribution in [0.4, 0.5) is 0 Å². The Labute approximate surface area is 205 Å². The van der Waals surface area contributed by atoms with E-state index in [1.165, 1.54) is 11.1 Å². The standard InChI is InChI=1S/C27H33NO5S/c29-24-17-25(33-18-22-16-21(19-34-22)20-8-4-3-5-9-20)23(10-6-1-2-7-11-26(30)31)27(24)28-12-14-32-15-13-28/h1-5,8-9,16,19,23,25,27H,6-7,10-15,17-18H2,(H,30,31)/b2-1-/t23-,25-,27+/m0/s1. The zero-order chi connectivity index (χ0) is 23.8. The fourth-order valence-electron chi connectivity index (χ4n) is 4.93. The monoisotopic (exact) mass is 483 g/mol. The Morgan fingerprint density at radius 1 is 1.15 bits per heavy atom. The van der Waals surface area contributed by atoms with Gasteiger partial charge >= 0.3 is 5.97 Å². The molecule has 1 aliphatic heterocycles. The maximum absolute atomic E-state index is 13.1. The van der Waals surface area contributed by atoms with Crippen LogP contribution in [0.25, 0.3) is 11.1 Å². The van der Waals surface area contributed by atoms with Crippen LogP contribution in [0.1, 0.15) is 37.0 Å².